The van der Waals surface area contributed by atoms with Gasteiger partial charge in [-0.15, -0.1) is 0 Å². The lowest BCUT2D eigenvalue weighted by atomic mass is 9.77. The van der Waals surface area contributed by atoms with Gasteiger partial charge in [0, 0.05) is 44.1 Å². The van der Waals surface area contributed by atoms with Crippen LogP contribution in [0, 0.1) is 21.4 Å². The molecule has 1 aliphatic rings. The first-order valence-corrected chi connectivity index (χ1v) is 15.8. The van der Waals surface area contributed by atoms with Gasteiger partial charge in [0.05, 0.1) is 10.5 Å². The lowest BCUT2D eigenvalue weighted by Crippen LogP contribution is -2.65. The second-order valence-corrected chi connectivity index (χ2v) is 15.6. The number of para-hydroxylation sites is 1. The van der Waals surface area contributed by atoms with Crippen molar-refractivity contribution >= 4 is 27.5 Å². The summed E-state index contributed by atoms with van der Waals surface area (Å²) in [6.07, 6.45) is 1.73. The first-order valence-electron chi connectivity index (χ1n) is 14.4. The Balaban J connectivity index is 2.32. The SMILES string of the molecule is CC(=O)NC(CCCCNOC(C)(C)C(C)(C)C)(C(=O)NC(C)(C)C)C1CCN(S(=O)(=O)c2ccccc2[N+](=O)[O-])C1. The van der Waals surface area contributed by atoms with E-state index < -0.39 is 59.9 Å². The Morgan fingerprint density at radius 1 is 1.05 bits per heavy atom. The molecule has 0 spiro atoms. The summed E-state index contributed by atoms with van der Waals surface area (Å²) in [5, 5.41) is 17.4. The minimum absolute atomic E-state index is 0.0560. The zero-order valence-corrected chi connectivity index (χ0v) is 27.3. The minimum atomic E-state index is -4.23. The average molecular weight is 612 g/mol. The number of sulfonamides is 1. The molecule has 0 bridgehead atoms. The van der Waals surface area contributed by atoms with Gasteiger partial charge in [-0.2, -0.15) is 4.31 Å². The largest absolute Gasteiger partial charge is 0.349 e. The molecule has 42 heavy (non-hydrogen) atoms. The van der Waals surface area contributed by atoms with Crippen LogP contribution in [-0.4, -0.2) is 65.8 Å². The van der Waals surface area contributed by atoms with Gasteiger partial charge in [-0.25, -0.2) is 13.9 Å². The fraction of sp³-hybridized carbons (Fsp3) is 0.724. The van der Waals surface area contributed by atoms with E-state index in [1.807, 2.05) is 34.6 Å². The Morgan fingerprint density at radius 3 is 2.21 bits per heavy atom. The third-order valence-electron chi connectivity index (χ3n) is 8.05. The molecule has 0 saturated carbocycles. The quantitative estimate of drug-likeness (QED) is 0.172. The van der Waals surface area contributed by atoms with E-state index in [-0.39, 0.29) is 24.9 Å². The number of amides is 2. The maximum absolute atomic E-state index is 13.9. The molecule has 1 aromatic rings. The van der Waals surface area contributed by atoms with E-state index >= 15 is 0 Å². The number of carbonyl (C=O) groups is 2. The molecule has 3 N–H and O–H groups in total. The number of rotatable bonds is 13. The van der Waals surface area contributed by atoms with Crippen LogP contribution in [-0.2, 0) is 24.4 Å². The van der Waals surface area contributed by atoms with Crippen LogP contribution in [0.3, 0.4) is 0 Å². The molecule has 0 radical (unpaired) electrons. The van der Waals surface area contributed by atoms with Crippen molar-refractivity contribution in [3.05, 3.63) is 34.4 Å². The number of benzene rings is 1. The topological polar surface area (TPSA) is 160 Å². The Bertz CT molecular complexity index is 1240. The first-order chi connectivity index (χ1) is 19.1. The Kier molecular flexibility index (Phi) is 11.3. The normalized spacial score (nSPS) is 18.4. The number of hydroxylamine groups is 1. The second-order valence-electron chi connectivity index (χ2n) is 13.6. The molecule has 13 heteroatoms. The summed E-state index contributed by atoms with van der Waals surface area (Å²) >= 11 is 0. The molecule has 1 aliphatic heterocycles. The summed E-state index contributed by atoms with van der Waals surface area (Å²) in [6, 6.07) is 5.21. The van der Waals surface area contributed by atoms with E-state index in [0.29, 0.717) is 25.8 Å². The molecule has 2 unspecified atom stereocenters. The second kappa shape index (κ2) is 13.4. The number of nitro benzene ring substituents is 1. The first kappa shape index (κ1) is 35.6. The highest BCUT2D eigenvalue weighted by Crippen LogP contribution is 2.37. The highest BCUT2D eigenvalue weighted by Gasteiger charge is 2.51. The van der Waals surface area contributed by atoms with Crippen LogP contribution in [0.2, 0.25) is 0 Å². The molecule has 2 rings (SSSR count). The predicted molar refractivity (Wildman–Crippen MR) is 161 cm³/mol. The summed E-state index contributed by atoms with van der Waals surface area (Å²) in [4.78, 5) is 42.8. The van der Waals surface area contributed by atoms with Crippen molar-refractivity contribution < 1.29 is 27.8 Å². The van der Waals surface area contributed by atoms with Crippen molar-refractivity contribution in [2.75, 3.05) is 19.6 Å². The van der Waals surface area contributed by atoms with Crippen LogP contribution in [0.15, 0.2) is 29.2 Å². The molecular formula is C29H49N5O7S. The summed E-state index contributed by atoms with van der Waals surface area (Å²) in [5.41, 5.74) is -0.00489. The molecule has 12 nitrogen and oxygen atoms in total. The number of carbonyl (C=O) groups excluding carboxylic acids is 2. The number of nitrogens with one attached hydrogen (secondary N) is 3. The Labute approximate surface area is 250 Å². The fourth-order valence-electron chi connectivity index (χ4n) is 4.79. The van der Waals surface area contributed by atoms with Gasteiger partial charge in [0.2, 0.25) is 21.8 Å². The molecule has 1 heterocycles. The lowest BCUT2D eigenvalue weighted by Gasteiger charge is -2.40. The summed E-state index contributed by atoms with van der Waals surface area (Å²) < 4.78 is 28.3. The van der Waals surface area contributed by atoms with Crippen LogP contribution in [0.1, 0.15) is 88.0 Å². The standard InChI is InChI=1S/C29H49N5O7S/c1-21(35)31-29(25(36)32-27(5,6)7,17-12-13-18-30-41-28(8,9)26(2,3)4)22-16-19-33(20-22)42(39,40)24-15-11-10-14-23(24)34(37)38/h10-11,14-15,22,30H,12-13,16-20H2,1-9H3,(H,31,35)(H,32,36). The van der Waals surface area contributed by atoms with Crippen LogP contribution in [0.5, 0.6) is 0 Å². The van der Waals surface area contributed by atoms with Crippen LogP contribution < -0.4 is 16.1 Å². The molecule has 2 amide bonds. The minimum Gasteiger partial charge on any atom is -0.349 e. The van der Waals surface area contributed by atoms with Gasteiger partial charge in [-0.05, 0) is 71.8 Å². The van der Waals surface area contributed by atoms with Crippen molar-refractivity contribution in [3.63, 3.8) is 0 Å². The fourth-order valence-corrected chi connectivity index (χ4v) is 6.45. The molecule has 238 valence electrons. The van der Waals surface area contributed by atoms with Gasteiger partial charge < -0.3 is 10.6 Å². The highest BCUT2D eigenvalue weighted by molar-refractivity contribution is 7.89. The predicted octanol–water partition coefficient (Wildman–Crippen LogP) is 3.91. The van der Waals surface area contributed by atoms with Crippen LogP contribution in [0.25, 0.3) is 0 Å². The van der Waals surface area contributed by atoms with Crippen LogP contribution >= 0.6 is 0 Å². The van der Waals surface area contributed by atoms with Gasteiger partial charge in [0.1, 0.15) is 5.54 Å². The van der Waals surface area contributed by atoms with Gasteiger partial charge in [-0.3, -0.25) is 24.5 Å². The van der Waals surface area contributed by atoms with E-state index in [9.17, 15) is 28.1 Å². The molecule has 2 atom stereocenters. The van der Waals surface area contributed by atoms with E-state index in [1.54, 1.807) is 0 Å². The van der Waals surface area contributed by atoms with E-state index in [1.165, 1.54) is 29.4 Å². The third kappa shape index (κ3) is 8.71. The zero-order valence-electron chi connectivity index (χ0n) is 26.5. The highest BCUT2D eigenvalue weighted by atomic mass is 32.2. The summed E-state index contributed by atoms with van der Waals surface area (Å²) in [5.74, 6) is -1.36. The number of unbranched alkanes of at least 4 members (excludes halogenated alkanes) is 1. The molecule has 1 saturated heterocycles. The third-order valence-corrected chi connectivity index (χ3v) is 9.97. The van der Waals surface area contributed by atoms with E-state index in [2.05, 4.69) is 36.9 Å². The molecule has 1 fully saturated rings. The van der Waals surface area contributed by atoms with Crippen molar-refractivity contribution in [2.45, 2.75) is 110 Å². The number of nitro groups is 1. The molecule has 0 aliphatic carbocycles. The maximum atomic E-state index is 13.9. The van der Waals surface area contributed by atoms with Gasteiger partial charge in [0.25, 0.3) is 5.69 Å². The van der Waals surface area contributed by atoms with Gasteiger partial charge in [0.15, 0.2) is 4.90 Å². The Hall–Kier alpha value is -2.61. The molecule has 1 aromatic carbocycles. The lowest BCUT2D eigenvalue weighted by molar-refractivity contribution is -0.387. The summed E-state index contributed by atoms with van der Waals surface area (Å²) in [6.45, 7) is 17.6. The maximum Gasteiger partial charge on any atom is 0.289 e. The number of hydrogen-bond acceptors (Lipinski definition) is 8. The van der Waals surface area contributed by atoms with Crippen molar-refractivity contribution in [2.24, 2.45) is 11.3 Å². The Morgan fingerprint density at radius 2 is 1.67 bits per heavy atom. The smallest absolute Gasteiger partial charge is 0.289 e. The monoisotopic (exact) mass is 611 g/mol. The van der Waals surface area contributed by atoms with E-state index in [0.717, 1.165) is 6.07 Å². The van der Waals surface area contributed by atoms with Crippen molar-refractivity contribution in [3.8, 4) is 0 Å². The average Bonchev–Trinajstić information content (AvgIpc) is 3.35. The van der Waals surface area contributed by atoms with Gasteiger partial charge >= 0.3 is 0 Å². The number of hydrogen-bond donors (Lipinski definition) is 3. The summed E-state index contributed by atoms with van der Waals surface area (Å²) in [7, 11) is -4.23. The zero-order chi connectivity index (χ0) is 32.1. The van der Waals surface area contributed by atoms with Crippen molar-refractivity contribution in [1.82, 2.24) is 20.4 Å². The van der Waals surface area contributed by atoms with Crippen LogP contribution in [0.4, 0.5) is 5.69 Å². The van der Waals surface area contributed by atoms with E-state index in [4.69, 9.17) is 4.84 Å². The molecule has 0 aromatic heterocycles. The van der Waals surface area contributed by atoms with Gasteiger partial charge in [-0.1, -0.05) is 32.9 Å². The van der Waals surface area contributed by atoms with Crippen molar-refractivity contribution in [1.29, 1.82) is 0 Å². The number of nitrogens with zero attached hydrogens (tertiary/aromatic N) is 2. The molecular weight excluding hydrogens is 562 g/mol.